The summed E-state index contributed by atoms with van der Waals surface area (Å²) < 4.78 is 0. The van der Waals surface area contributed by atoms with E-state index < -0.39 is 72.2 Å². The number of carboxylic acids is 1. The fourth-order valence-corrected chi connectivity index (χ4v) is 2.80. The predicted octanol–water partition coefficient (Wildman–Crippen LogP) is -5.57. The molecular weight excluding hydrogens is 482 g/mol. The quantitative estimate of drug-likeness (QED) is 0.0492. The summed E-state index contributed by atoms with van der Waals surface area (Å²) in [5.41, 5.74) is 26.2. The Morgan fingerprint density at radius 2 is 1.42 bits per heavy atom. The molecular formula is C19H35N9O8. The summed E-state index contributed by atoms with van der Waals surface area (Å²) in [7, 11) is 0. The lowest BCUT2D eigenvalue weighted by Gasteiger charge is -2.26. The van der Waals surface area contributed by atoms with Crippen LogP contribution in [0.25, 0.3) is 0 Å². The van der Waals surface area contributed by atoms with E-state index in [4.69, 9.17) is 28.7 Å². The van der Waals surface area contributed by atoms with E-state index >= 15 is 0 Å². The lowest BCUT2D eigenvalue weighted by atomic mass is 10.1. The van der Waals surface area contributed by atoms with Crippen molar-refractivity contribution in [2.45, 2.75) is 69.3 Å². The SMILES string of the molecule is CC(O)C(NC(=O)C(N)CCC(N)=O)C(=O)NC(CCCN=C(N)N)C(=O)NC(CC(N)=O)C(=O)O. The lowest BCUT2D eigenvalue weighted by molar-refractivity contribution is -0.144. The first-order valence-electron chi connectivity index (χ1n) is 10.8. The molecule has 0 rings (SSSR count). The van der Waals surface area contributed by atoms with Gasteiger partial charge in [0.2, 0.25) is 29.5 Å². The van der Waals surface area contributed by atoms with Crippen molar-refractivity contribution in [1.29, 1.82) is 0 Å². The zero-order valence-corrected chi connectivity index (χ0v) is 19.8. The van der Waals surface area contributed by atoms with Crippen LogP contribution in [-0.2, 0) is 28.8 Å². The zero-order valence-electron chi connectivity index (χ0n) is 19.8. The molecule has 15 N–H and O–H groups in total. The van der Waals surface area contributed by atoms with E-state index in [1.807, 2.05) is 0 Å². The summed E-state index contributed by atoms with van der Waals surface area (Å²) >= 11 is 0. The normalized spacial score (nSPS) is 14.8. The molecule has 0 aliphatic carbocycles. The van der Waals surface area contributed by atoms with Gasteiger partial charge in [0, 0.05) is 13.0 Å². The maximum absolute atomic E-state index is 12.8. The van der Waals surface area contributed by atoms with Crippen molar-refractivity contribution in [3.05, 3.63) is 0 Å². The summed E-state index contributed by atoms with van der Waals surface area (Å²) in [5, 5.41) is 25.9. The molecule has 0 spiro atoms. The summed E-state index contributed by atoms with van der Waals surface area (Å²) in [6.45, 7) is 1.26. The van der Waals surface area contributed by atoms with Gasteiger partial charge >= 0.3 is 5.97 Å². The Bertz CT molecular complexity index is 845. The van der Waals surface area contributed by atoms with Crippen LogP contribution < -0.4 is 44.6 Å². The topological polar surface area (TPSA) is 321 Å². The molecule has 5 amide bonds. The molecule has 0 aromatic carbocycles. The number of aliphatic hydroxyl groups excluding tert-OH is 1. The smallest absolute Gasteiger partial charge is 0.326 e. The molecule has 0 heterocycles. The van der Waals surface area contributed by atoms with Gasteiger partial charge in [-0.15, -0.1) is 0 Å². The van der Waals surface area contributed by atoms with Crippen LogP contribution in [0, 0.1) is 0 Å². The average molecular weight is 518 g/mol. The van der Waals surface area contributed by atoms with Crippen LogP contribution >= 0.6 is 0 Å². The maximum Gasteiger partial charge on any atom is 0.326 e. The number of nitrogens with zero attached hydrogens (tertiary/aromatic N) is 1. The molecule has 36 heavy (non-hydrogen) atoms. The minimum Gasteiger partial charge on any atom is -0.480 e. The summed E-state index contributed by atoms with van der Waals surface area (Å²) in [4.78, 5) is 74.9. The second-order valence-corrected chi connectivity index (χ2v) is 7.92. The van der Waals surface area contributed by atoms with Crippen LogP contribution in [0.3, 0.4) is 0 Å². The monoisotopic (exact) mass is 517 g/mol. The number of aliphatic imine (C=N–C) groups is 1. The molecule has 5 atom stereocenters. The van der Waals surface area contributed by atoms with Gasteiger partial charge in [0.05, 0.1) is 18.6 Å². The highest BCUT2D eigenvalue weighted by molar-refractivity contribution is 5.95. The Kier molecular flexibility index (Phi) is 14.1. The van der Waals surface area contributed by atoms with Crippen molar-refractivity contribution in [1.82, 2.24) is 16.0 Å². The Labute approximate surface area is 206 Å². The fourth-order valence-electron chi connectivity index (χ4n) is 2.80. The van der Waals surface area contributed by atoms with E-state index in [1.54, 1.807) is 0 Å². The number of hydrogen-bond acceptors (Lipinski definition) is 9. The molecule has 0 aromatic heterocycles. The van der Waals surface area contributed by atoms with E-state index in [0.717, 1.165) is 0 Å². The van der Waals surface area contributed by atoms with Crippen molar-refractivity contribution in [3.8, 4) is 0 Å². The van der Waals surface area contributed by atoms with Crippen molar-refractivity contribution < 1.29 is 39.0 Å². The lowest BCUT2D eigenvalue weighted by Crippen LogP contribution is -2.60. The second-order valence-electron chi connectivity index (χ2n) is 7.92. The van der Waals surface area contributed by atoms with Gasteiger partial charge in [-0.2, -0.15) is 0 Å². The predicted molar refractivity (Wildman–Crippen MR) is 125 cm³/mol. The van der Waals surface area contributed by atoms with E-state index in [2.05, 4.69) is 20.9 Å². The average Bonchev–Trinajstić information content (AvgIpc) is 2.75. The van der Waals surface area contributed by atoms with Crippen LogP contribution in [0.5, 0.6) is 0 Å². The van der Waals surface area contributed by atoms with Gasteiger partial charge in [-0.3, -0.25) is 29.0 Å². The molecule has 204 valence electrons. The maximum atomic E-state index is 12.8. The van der Waals surface area contributed by atoms with Crippen molar-refractivity contribution in [3.63, 3.8) is 0 Å². The number of carboxylic acid groups (broad SMARTS) is 1. The number of nitrogens with one attached hydrogen (secondary N) is 3. The largest absolute Gasteiger partial charge is 0.480 e. The molecule has 0 aromatic rings. The van der Waals surface area contributed by atoms with Gasteiger partial charge in [-0.25, -0.2) is 4.79 Å². The van der Waals surface area contributed by atoms with Gasteiger partial charge in [0.1, 0.15) is 18.1 Å². The number of carbonyl (C=O) groups is 6. The molecule has 0 fully saturated rings. The van der Waals surface area contributed by atoms with Crippen LogP contribution in [0.1, 0.15) is 39.0 Å². The van der Waals surface area contributed by atoms with Crippen LogP contribution in [-0.4, -0.2) is 88.5 Å². The summed E-state index contributed by atoms with van der Waals surface area (Å²) in [5.74, 6) is -6.25. The standard InChI is InChI=1S/C19H35N9O8/c1-8(29)14(28-15(32)9(20)4-5-12(21)30)17(34)26-10(3-2-6-25-19(23)24)16(33)27-11(18(35)36)7-13(22)31/h8-11,14,29H,2-7,20H2,1H3,(H2,21,30)(H2,22,31)(H,26,34)(H,27,33)(H,28,32)(H,35,36)(H4,23,24,25). The van der Waals surface area contributed by atoms with E-state index in [1.165, 1.54) is 6.92 Å². The fraction of sp³-hybridized carbons (Fsp3) is 0.632. The number of aliphatic hydroxyl groups is 1. The highest BCUT2D eigenvalue weighted by Crippen LogP contribution is 2.04. The van der Waals surface area contributed by atoms with Crippen LogP contribution in [0.4, 0.5) is 0 Å². The van der Waals surface area contributed by atoms with Gasteiger partial charge in [-0.05, 0) is 26.2 Å². The number of rotatable bonds is 17. The first kappa shape index (κ1) is 32.0. The number of guanidine groups is 1. The first-order chi connectivity index (χ1) is 16.6. The molecule has 0 aliphatic rings. The molecule has 17 nitrogen and oxygen atoms in total. The van der Waals surface area contributed by atoms with Crippen LogP contribution in [0.2, 0.25) is 0 Å². The van der Waals surface area contributed by atoms with Crippen LogP contribution in [0.15, 0.2) is 4.99 Å². The third kappa shape index (κ3) is 13.0. The van der Waals surface area contributed by atoms with E-state index in [0.29, 0.717) is 0 Å². The Balaban J connectivity index is 5.56. The first-order valence-corrected chi connectivity index (χ1v) is 10.8. The molecule has 0 saturated heterocycles. The number of hydrogen-bond donors (Lipinski definition) is 10. The number of primary amides is 2. The minimum absolute atomic E-state index is 0.0664. The molecule has 0 radical (unpaired) electrons. The molecule has 17 heteroatoms. The highest BCUT2D eigenvalue weighted by Gasteiger charge is 2.32. The van der Waals surface area contributed by atoms with Gasteiger partial charge in [0.25, 0.3) is 0 Å². The zero-order chi connectivity index (χ0) is 28.0. The summed E-state index contributed by atoms with van der Waals surface area (Å²) in [6, 6.07) is -5.81. The third-order valence-electron chi connectivity index (χ3n) is 4.70. The number of aliphatic carboxylic acids is 1. The molecule has 5 unspecified atom stereocenters. The molecule has 0 bridgehead atoms. The number of nitrogens with two attached hydrogens (primary N) is 5. The second kappa shape index (κ2) is 15.8. The van der Waals surface area contributed by atoms with Crippen molar-refractivity contribution >= 4 is 41.5 Å². The van der Waals surface area contributed by atoms with Gasteiger partial charge in [0.15, 0.2) is 5.96 Å². The van der Waals surface area contributed by atoms with Crippen molar-refractivity contribution in [2.75, 3.05) is 6.54 Å². The minimum atomic E-state index is -1.66. The van der Waals surface area contributed by atoms with E-state index in [-0.39, 0.29) is 38.2 Å². The Morgan fingerprint density at radius 3 is 1.89 bits per heavy atom. The molecule has 0 saturated carbocycles. The van der Waals surface area contributed by atoms with Gasteiger partial charge in [-0.1, -0.05) is 0 Å². The number of carbonyl (C=O) groups excluding carboxylic acids is 5. The van der Waals surface area contributed by atoms with Crippen molar-refractivity contribution in [2.24, 2.45) is 33.7 Å². The third-order valence-corrected chi connectivity index (χ3v) is 4.70. The van der Waals surface area contributed by atoms with E-state index in [9.17, 15) is 39.0 Å². The Hall–Kier alpha value is -3.99. The Morgan fingerprint density at radius 1 is 0.833 bits per heavy atom. The molecule has 0 aliphatic heterocycles. The van der Waals surface area contributed by atoms with Gasteiger partial charge < -0.3 is 54.8 Å². The highest BCUT2D eigenvalue weighted by atomic mass is 16.4. The number of amides is 5. The summed E-state index contributed by atoms with van der Waals surface area (Å²) in [6.07, 6.45) is -2.37.